The summed E-state index contributed by atoms with van der Waals surface area (Å²) in [5, 5.41) is 1.95. The quantitative estimate of drug-likeness (QED) is 0.381. The van der Waals surface area contributed by atoms with Crippen molar-refractivity contribution in [2.24, 2.45) is 0 Å². The Hall–Kier alpha value is -0.220. The second kappa shape index (κ2) is 6.80. The van der Waals surface area contributed by atoms with Crippen molar-refractivity contribution in [1.82, 2.24) is 0 Å². The first-order valence-electron chi connectivity index (χ1n) is 4.94. The minimum atomic E-state index is -4.36. The Kier molecular flexibility index (Phi) is 5.99. The summed E-state index contributed by atoms with van der Waals surface area (Å²) in [5.74, 6) is 0. The third kappa shape index (κ3) is 4.47. The van der Waals surface area contributed by atoms with E-state index in [1.807, 2.05) is 36.4 Å². The van der Waals surface area contributed by atoms with E-state index in [-0.39, 0.29) is 34.5 Å². The van der Waals surface area contributed by atoms with Gasteiger partial charge in [0.1, 0.15) is 10.1 Å². The fourth-order valence-corrected chi connectivity index (χ4v) is 3.14. The molecule has 3 nitrogen and oxygen atoms in total. The molecule has 2 aromatic carbocycles. The molecule has 0 N–H and O–H groups in total. The van der Waals surface area contributed by atoms with Crippen molar-refractivity contribution >= 4 is 29.3 Å². The Morgan fingerprint density at radius 3 is 2.11 bits per heavy atom. The zero-order chi connectivity index (χ0) is 12.3. The van der Waals surface area contributed by atoms with E-state index in [0.29, 0.717) is 8.58 Å². The van der Waals surface area contributed by atoms with Gasteiger partial charge in [0.15, 0.2) is 0 Å². The van der Waals surface area contributed by atoms with Crippen molar-refractivity contribution in [2.75, 3.05) is 0 Å². The van der Waals surface area contributed by atoms with E-state index in [9.17, 15) is 13.0 Å². The van der Waals surface area contributed by atoms with Crippen LogP contribution in [0.15, 0.2) is 59.5 Å². The molecule has 0 fully saturated rings. The molecule has 0 spiro atoms. The Bertz CT molecular complexity index is 614. The van der Waals surface area contributed by atoms with Gasteiger partial charge >= 0.3 is 29.6 Å². The predicted molar refractivity (Wildman–Crippen MR) is 68.4 cm³/mol. The molecule has 88 valence electrons. The first-order valence-corrected chi connectivity index (χ1v) is 7.34. The van der Waals surface area contributed by atoms with Gasteiger partial charge in [0, 0.05) is 0 Å². The van der Waals surface area contributed by atoms with E-state index in [1.54, 1.807) is 6.07 Å². The van der Waals surface area contributed by atoms with Crippen LogP contribution in [-0.2, 0) is 10.1 Å². The zero-order valence-corrected chi connectivity index (χ0v) is 13.6. The fourth-order valence-electron chi connectivity index (χ4n) is 1.42. The maximum Gasteiger partial charge on any atom is 1.00 e. The fraction of sp³-hybridized carbons (Fsp3) is 0. The maximum atomic E-state index is 10.9. The summed E-state index contributed by atoms with van der Waals surface area (Å²) in [5.41, 5.74) is 0. The largest absolute Gasteiger partial charge is 1.00 e. The van der Waals surface area contributed by atoms with Gasteiger partial charge in [-0.15, -0.1) is 0 Å². The third-order valence-electron chi connectivity index (χ3n) is 2.19. The second-order valence-electron chi connectivity index (χ2n) is 3.47. The molecular formula is C12H10NaO3PS. The molecule has 0 heterocycles. The maximum absolute atomic E-state index is 10.9. The molecular weight excluding hydrogens is 278 g/mol. The Morgan fingerprint density at radius 1 is 0.889 bits per heavy atom. The number of hydrogen-bond acceptors (Lipinski definition) is 3. The molecule has 18 heavy (non-hydrogen) atoms. The van der Waals surface area contributed by atoms with Gasteiger partial charge in [-0.3, -0.25) is 0 Å². The van der Waals surface area contributed by atoms with Crippen LogP contribution in [-0.4, -0.2) is 13.0 Å². The van der Waals surface area contributed by atoms with Crippen LogP contribution in [0.4, 0.5) is 0 Å². The first-order chi connectivity index (χ1) is 8.05. The second-order valence-corrected chi connectivity index (χ2v) is 6.26. The van der Waals surface area contributed by atoms with Crippen molar-refractivity contribution in [1.29, 1.82) is 0 Å². The van der Waals surface area contributed by atoms with E-state index in [1.165, 1.54) is 12.1 Å². The third-order valence-corrected chi connectivity index (χ3v) is 4.24. The number of rotatable bonds is 3. The van der Waals surface area contributed by atoms with Gasteiger partial charge in [-0.05, 0) is 22.7 Å². The molecule has 0 saturated carbocycles. The van der Waals surface area contributed by atoms with Crippen molar-refractivity contribution in [3.05, 3.63) is 54.6 Å². The first kappa shape index (κ1) is 15.8. The SMILES string of the molecule is O=S(=O)([O-])c1cccc(Pc2ccccc2)c1.[Na+]. The van der Waals surface area contributed by atoms with Gasteiger partial charge in [0.05, 0.1) is 4.90 Å². The molecule has 0 aromatic heterocycles. The van der Waals surface area contributed by atoms with Gasteiger partial charge in [-0.2, -0.15) is 0 Å². The predicted octanol–water partition coefficient (Wildman–Crippen LogP) is -1.78. The molecule has 0 radical (unpaired) electrons. The number of hydrogen-bond donors (Lipinski definition) is 0. The van der Waals surface area contributed by atoms with Gasteiger partial charge < -0.3 is 4.55 Å². The van der Waals surface area contributed by atoms with E-state index < -0.39 is 10.1 Å². The van der Waals surface area contributed by atoms with Gasteiger partial charge in [0.2, 0.25) is 0 Å². The van der Waals surface area contributed by atoms with Crippen LogP contribution >= 0.6 is 8.58 Å². The molecule has 0 aliphatic carbocycles. The summed E-state index contributed by atoms with van der Waals surface area (Å²) >= 11 is 0. The summed E-state index contributed by atoms with van der Waals surface area (Å²) in [4.78, 5) is -0.168. The average molecular weight is 288 g/mol. The van der Waals surface area contributed by atoms with Gasteiger partial charge in [0.25, 0.3) is 0 Å². The number of benzene rings is 2. The normalized spacial score (nSPS) is 11.4. The van der Waals surface area contributed by atoms with E-state index in [0.717, 1.165) is 10.6 Å². The molecule has 0 aliphatic rings. The van der Waals surface area contributed by atoms with Crippen LogP contribution in [0, 0.1) is 0 Å². The van der Waals surface area contributed by atoms with E-state index >= 15 is 0 Å². The van der Waals surface area contributed by atoms with Crippen molar-refractivity contribution in [3.63, 3.8) is 0 Å². The molecule has 2 aromatic rings. The molecule has 1 unspecified atom stereocenters. The van der Waals surface area contributed by atoms with Crippen LogP contribution in [0.1, 0.15) is 0 Å². The van der Waals surface area contributed by atoms with Gasteiger partial charge in [-0.25, -0.2) is 8.42 Å². The minimum absolute atomic E-state index is 0. The molecule has 6 heteroatoms. The Balaban J connectivity index is 0.00000162. The molecule has 2 rings (SSSR count). The summed E-state index contributed by atoms with van der Waals surface area (Å²) in [6.45, 7) is 0. The van der Waals surface area contributed by atoms with E-state index in [2.05, 4.69) is 0 Å². The van der Waals surface area contributed by atoms with Gasteiger partial charge in [-0.1, -0.05) is 51.0 Å². The summed E-state index contributed by atoms with van der Waals surface area (Å²) in [6, 6.07) is 15.9. The summed E-state index contributed by atoms with van der Waals surface area (Å²) in [6.07, 6.45) is 0. The topological polar surface area (TPSA) is 57.2 Å². The van der Waals surface area contributed by atoms with Crippen LogP contribution in [0.25, 0.3) is 0 Å². The smallest absolute Gasteiger partial charge is 0.744 e. The Morgan fingerprint density at radius 2 is 1.50 bits per heavy atom. The van der Waals surface area contributed by atoms with Crippen LogP contribution in [0.2, 0.25) is 0 Å². The van der Waals surface area contributed by atoms with Crippen LogP contribution in [0.5, 0.6) is 0 Å². The summed E-state index contributed by atoms with van der Waals surface area (Å²) < 4.78 is 32.7. The molecule has 0 aliphatic heterocycles. The van der Waals surface area contributed by atoms with Crippen LogP contribution in [0.3, 0.4) is 0 Å². The summed E-state index contributed by atoms with van der Waals surface area (Å²) in [7, 11) is -4.01. The van der Waals surface area contributed by atoms with Crippen molar-refractivity contribution in [3.8, 4) is 0 Å². The molecule has 1 atom stereocenters. The standard InChI is InChI=1S/C12H11O3PS.Na/c13-17(14,15)12-8-4-7-11(9-12)16-10-5-2-1-3-6-10;/h1-9,16H,(H,13,14,15);/q;+1/p-1. The molecule has 0 bridgehead atoms. The Labute approximate surface area is 130 Å². The average Bonchev–Trinajstić information content (AvgIpc) is 2.29. The molecule has 0 saturated heterocycles. The van der Waals surface area contributed by atoms with Crippen LogP contribution < -0.4 is 40.2 Å². The van der Waals surface area contributed by atoms with Crippen molar-refractivity contribution in [2.45, 2.75) is 4.90 Å². The monoisotopic (exact) mass is 288 g/mol. The zero-order valence-electron chi connectivity index (χ0n) is 9.83. The minimum Gasteiger partial charge on any atom is -0.744 e. The van der Waals surface area contributed by atoms with Crippen molar-refractivity contribution < 1.29 is 42.5 Å². The molecule has 0 amide bonds. The van der Waals surface area contributed by atoms with E-state index in [4.69, 9.17) is 0 Å².